The number of carbonyl (C=O) groups excluding carboxylic acids is 1. The predicted molar refractivity (Wildman–Crippen MR) is 96.8 cm³/mol. The number of hydrogen-bond acceptors (Lipinski definition) is 5. The molecule has 1 aromatic heterocycles. The van der Waals surface area contributed by atoms with Gasteiger partial charge in [0.15, 0.2) is 5.13 Å². The summed E-state index contributed by atoms with van der Waals surface area (Å²) < 4.78 is 12.5. The number of carbonyl (C=O) groups is 1. The van der Waals surface area contributed by atoms with Crippen LogP contribution in [-0.4, -0.2) is 29.7 Å². The van der Waals surface area contributed by atoms with E-state index in [-0.39, 0.29) is 12.0 Å². The van der Waals surface area contributed by atoms with Crippen molar-refractivity contribution in [2.24, 2.45) is 0 Å². The minimum Gasteiger partial charge on any atom is -0.494 e. The van der Waals surface area contributed by atoms with Crippen LogP contribution in [0.5, 0.6) is 5.75 Å². The normalized spacial score (nSPS) is 16.4. The fourth-order valence-corrected chi connectivity index (χ4v) is 3.90. The largest absolute Gasteiger partial charge is 0.494 e. The third-order valence-corrected chi connectivity index (χ3v) is 5.16. The van der Waals surface area contributed by atoms with Gasteiger partial charge in [0.2, 0.25) is 0 Å². The van der Waals surface area contributed by atoms with Gasteiger partial charge < -0.3 is 9.47 Å². The highest BCUT2D eigenvalue weighted by Gasteiger charge is 2.25. The fourth-order valence-electron chi connectivity index (χ4n) is 3.00. The Morgan fingerprint density at radius 3 is 2.88 bits per heavy atom. The van der Waals surface area contributed by atoms with Crippen LogP contribution in [0.1, 0.15) is 46.0 Å². The molecule has 1 N–H and O–H groups in total. The summed E-state index contributed by atoms with van der Waals surface area (Å²) in [5, 5.41) is 3.52. The zero-order chi connectivity index (χ0) is 16.9. The quantitative estimate of drug-likeness (QED) is 0.807. The molecule has 1 aliphatic rings. The van der Waals surface area contributed by atoms with Crippen LogP contribution in [0.25, 0.3) is 10.2 Å². The van der Waals surface area contributed by atoms with Crippen molar-refractivity contribution in [1.82, 2.24) is 4.98 Å². The zero-order valence-corrected chi connectivity index (χ0v) is 15.0. The van der Waals surface area contributed by atoms with Crippen molar-refractivity contribution in [3.05, 3.63) is 18.2 Å². The number of rotatable bonds is 7. The van der Waals surface area contributed by atoms with Crippen molar-refractivity contribution < 1.29 is 14.3 Å². The maximum atomic E-state index is 12.5. The summed E-state index contributed by atoms with van der Waals surface area (Å²) >= 11 is 1.46. The summed E-state index contributed by atoms with van der Waals surface area (Å²) in [4.78, 5) is 17.0. The second-order valence-electron chi connectivity index (χ2n) is 6.01. The number of hydrogen-bond donors (Lipinski definition) is 1. The first kappa shape index (κ1) is 17.2. The maximum Gasteiger partial charge on any atom is 0.255 e. The molecule has 2 aromatic rings. The second kappa shape index (κ2) is 7.94. The number of aromatic nitrogens is 1. The molecule has 5 nitrogen and oxygen atoms in total. The number of nitrogens with zero attached hydrogens (tertiary/aromatic N) is 1. The third-order valence-electron chi connectivity index (χ3n) is 4.22. The summed E-state index contributed by atoms with van der Waals surface area (Å²) in [6.45, 7) is 4.56. The first-order valence-corrected chi connectivity index (χ1v) is 9.51. The second-order valence-corrected chi connectivity index (χ2v) is 7.04. The lowest BCUT2D eigenvalue weighted by Gasteiger charge is -2.19. The van der Waals surface area contributed by atoms with Crippen molar-refractivity contribution in [2.45, 2.75) is 58.2 Å². The van der Waals surface area contributed by atoms with Crippen molar-refractivity contribution in [3.8, 4) is 5.75 Å². The molecule has 1 heterocycles. The van der Waals surface area contributed by atoms with E-state index < -0.39 is 6.10 Å². The van der Waals surface area contributed by atoms with E-state index in [4.69, 9.17) is 9.47 Å². The van der Waals surface area contributed by atoms with E-state index in [1.165, 1.54) is 24.2 Å². The fraction of sp³-hybridized carbons (Fsp3) is 0.556. The number of amides is 1. The summed E-state index contributed by atoms with van der Waals surface area (Å²) in [7, 11) is 0. The van der Waals surface area contributed by atoms with E-state index in [1.807, 2.05) is 32.0 Å². The summed E-state index contributed by atoms with van der Waals surface area (Å²) in [6, 6.07) is 5.77. The van der Waals surface area contributed by atoms with Gasteiger partial charge in [-0.15, -0.1) is 0 Å². The Kier molecular flexibility index (Phi) is 5.68. The Morgan fingerprint density at radius 1 is 1.38 bits per heavy atom. The molecular formula is C18H24N2O3S. The summed E-state index contributed by atoms with van der Waals surface area (Å²) in [5.41, 5.74) is 0.864. The molecule has 1 fully saturated rings. The highest BCUT2D eigenvalue weighted by atomic mass is 32.1. The van der Waals surface area contributed by atoms with Gasteiger partial charge in [-0.25, -0.2) is 4.98 Å². The lowest BCUT2D eigenvalue weighted by atomic mass is 10.2. The third kappa shape index (κ3) is 4.05. The number of anilines is 1. The molecule has 6 heteroatoms. The van der Waals surface area contributed by atoms with E-state index in [0.29, 0.717) is 18.2 Å². The number of fused-ring (bicyclic) bond motifs is 1. The molecule has 1 aliphatic carbocycles. The lowest BCUT2D eigenvalue weighted by molar-refractivity contribution is -0.131. The Labute approximate surface area is 146 Å². The van der Waals surface area contributed by atoms with E-state index in [2.05, 4.69) is 10.3 Å². The van der Waals surface area contributed by atoms with Gasteiger partial charge in [0.25, 0.3) is 5.91 Å². The van der Waals surface area contributed by atoms with Gasteiger partial charge in [0, 0.05) is 0 Å². The average molecular weight is 348 g/mol. The van der Waals surface area contributed by atoms with Gasteiger partial charge in [0.05, 0.1) is 22.9 Å². The summed E-state index contributed by atoms with van der Waals surface area (Å²) in [6.07, 6.45) is 5.01. The first-order valence-electron chi connectivity index (χ1n) is 8.69. The molecule has 0 saturated heterocycles. The lowest BCUT2D eigenvalue weighted by Crippen LogP contribution is -2.32. The average Bonchev–Trinajstić information content (AvgIpc) is 3.21. The Bertz CT molecular complexity index is 695. The van der Waals surface area contributed by atoms with Gasteiger partial charge >= 0.3 is 0 Å². The summed E-state index contributed by atoms with van der Waals surface area (Å²) in [5.74, 6) is 0.719. The van der Waals surface area contributed by atoms with Gasteiger partial charge in [-0.1, -0.05) is 31.1 Å². The van der Waals surface area contributed by atoms with Crippen LogP contribution in [0, 0.1) is 0 Å². The van der Waals surface area contributed by atoms with E-state index in [9.17, 15) is 4.79 Å². The molecule has 24 heavy (non-hydrogen) atoms. The molecule has 0 spiro atoms. The molecule has 0 aliphatic heterocycles. The van der Waals surface area contributed by atoms with E-state index in [1.54, 1.807) is 0 Å². The number of thiazole rings is 1. The monoisotopic (exact) mass is 348 g/mol. The van der Waals surface area contributed by atoms with Crippen LogP contribution in [-0.2, 0) is 9.53 Å². The van der Waals surface area contributed by atoms with Crippen LogP contribution >= 0.6 is 11.3 Å². The Balaban J connectivity index is 1.67. The molecule has 1 saturated carbocycles. The standard InChI is InChI=1S/C18H24N2O3S/c1-3-15(23-12-7-5-6-8-12)17(21)20-18-19-14-10-9-13(22-4-2)11-16(14)24-18/h9-12,15H,3-8H2,1-2H3,(H,19,20,21). The highest BCUT2D eigenvalue weighted by molar-refractivity contribution is 7.22. The Hall–Kier alpha value is -1.66. The first-order chi connectivity index (χ1) is 11.7. The smallest absolute Gasteiger partial charge is 0.255 e. The van der Waals surface area contributed by atoms with Crippen molar-refractivity contribution in [3.63, 3.8) is 0 Å². The molecule has 1 aromatic carbocycles. The molecule has 3 rings (SSSR count). The number of ether oxygens (including phenoxy) is 2. The van der Waals surface area contributed by atoms with Crippen molar-refractivity contribution >= 4 is 32.6 Å². The number of nitrogens with one attached hydrogen (secondary N) is 1. The molecule has 130 valence electrons. The van der Waals surface area contributed by atoms with Crippen LogP contribution in [0.15, 0.2) is 18.2 Å². The maximum absolute atomic E-state index is 12.5. The van der Waals surface area contributed by atoms with Gasteiger partial charge in [-0.2, -0.15) is 0 Å². The number of benzene rings is 1. The minimum absolute atomic E-state index is 0.103. The van der Waals surface area contributed by atoms with Gasteiger partial charge in [-0.05, 0) is 44.4 Å². The van der Waals surface area contributed by atoms with Crippen LogP contribution in [0.4, 0.5) is 5.13 Å². The van der Waals surface area contributed by atoms with Crippen molar-refractivity contribution in [2.75, 3.05) is 11.9 Å². The van der Waals surface area contributed by atoms with Crippen LogP contribution < -0.4 is 10.1 Å². The molecule has 1 amide bonds. The predicted octanol–water partition coefficient (Wildman–Crippen LogP) is 4.37. The minimum atomic E-state index is -0.404. The van der Waals surface area contributed by atoms with Gasteiger partial charge in [0.1, 0.15) is 11.9 Å². The van der Waals surface area contributed by atoms with Crippen LogP contribution in [0.2, 0.25) is 0 Å². The molecule has 1 unspecified atom stereocenters. The zero-order valence-electron chi connectivity index (χ0n) is 14.2. The van der Waals surface area contributed by atoms with Crippen molar-refractivity contribution in [1.29, 1.82) is 0 Å². The topological polar surface area (TPSA) is 60.5 Å². The highest BCUT2D eigenvalue weighted by Crippen LogP contribution is 2.30. The van der Waals surface area contributed by atoms with Crippen LogP contribution in [0.3, 0.4) is 0 Å². The van der Waals surface area contributed by atoms with Gasteiger partial charge in [-0.3, -0.25) is 10.1 Å². The Morgan fingerprint density at radius 2 is 2.17 bits per heavy atom. The molecule has 0 radical (unpaired) electrons. The van der Waals surface area contributed by atoms with E-state index in [0.717, 1.165) is 28.8 Å². The molecule has 1 atom stereocenters. The molecule has 0 bridgehead atoms. The van der Waals surface area contributed by atoms with E-state index >= 15 is 0 Å². The molecular weight excluding hydrogens is 324 g/mol. The SMILES string of the molecule is CCOc1ccc2nc(NC(=O)C(CC)OC3CCCC3)sc2c1.